The van der Waals surface area contributed by atoms with Crippen LogP contribution in [0.25, 0.3) is 11.0 Å². The number of carbonyl (C=O) groups excluding carboxylic acids is 1. The van der Waals surface area contributed by atoms with Gasteiger partial charge in [-0.2, -0.15) is 0 Å². The number of phenols is 1. The first kappa shape index (κ1) is 18.9. The Hall–Kier alpha value is -4.13. The summed E-state index contributed by atoms with van der Waals surface area (Å²) in [6.45, 7) is 0. The van der Waals surface area contributed by atoms with Crippen LogP contribution in [0.15, 0.2) is 82.0 Å². The minimum absolute atomic E-state index is 0.00129. The van der Waals surface area contributed by atoms with Crippen molar-refractivity contribution in [1.82, 2.24) is 0 Å². The molecule has 2 heterocycles. The molecule has 0 unspecified atom stereocenters. The van der Waals surface area contributed by atoms with E-state index in [4.69, 9.17) is 9.15 Å². The van der Waals surface area contributed by atoms with E-state index in [1.807, 2.05) is 0 Å². The number of aromatic hydroxyl groups is 1. The molecule has 0 aliphatic carbocycles. The Morgan fingerprint density at radius 1 is 1.00 bits per heavy atom. The molecule has 2 atom stereocenters. The van der Waals surface area contributed by atoms with E-state index in [1.54, 1.807) is 42.5 Å². The summed E-state index contributed by atoms with van der Waals surface area (Å²) in [4.78, 5) is 26.0. The Labute approximate surface area is 175 Å². The van der Waals surface area contributed by atoms with Crippen molar-refractivity contribution in [3.05, 3.63) is 100 Å². The molecule has 0 saturated heterocycles. The van der Waals surface area contributed by atoms with E-state index in [0.717, 1.165) is 0 Å². The average molecular weight is 417 g/mol. The van der Waals surface area contributed by atoms with Gasteiger partial charge in [0, 0.05) is 0 Å². The van der Waals surface area contributed by atoms with Gasteiger partial charge in [-0.05, 0) is 42.0 Å². The second-order valence-electron chi connectivity index (χ2n) is 7.21. The van der Waals surface area contributed by atoms with E-state index in [0.29, 0.717) is 16.5 Å². The maximum atomic E-state index is 14.1. The Bertz CT molecular complexity index is 1380. The summed E-state index contributed by atoms with van der Waals surface area (Å²) in [5, 5.41) is 13.0. The van der Waals surface area contributed by atoms with E-state index in [2.05, 4.69) is 5.32 Å². The topological polar surface area (TPSA) is 88.8 Å². The smallest absolute Gasteiger partial charge is 0.344 e. The number of nitrogens with one attached hydrogen (secondary N) is 1. The molecule has 5 rings (SSSR count). The first-order valence-electron chi connectivity index (χ1n) is 9.59. The minimum atomic E-state index is -1.18. The van der Waals surface area contributed by atoms with Crippen LogP contribution in [0.5, 0.6) is 11.5 Å². The lowest BCUT2D eigenvalue weighted by Gasteiger charge is -2.19. The highest BCUT2D eigenvalue weighted by atomic mass is 19.1. The zero-order valence-electron chi connectivity index (χ0n) is 16.0. The number of fused-ring (bicyclic) bond motifs is 3. The predicted octanol–water partition coefficient (Wildman–Crippen LogP) is 4.17. The van der Waals surface area contributed by atoms with Crippen molar-refractivity contribution in [1.29, 1.82) is 0 Å². The highest BCUT2D eigenvalue weighted by Crippen LogP contribution is 2.45. The molecule has 0 saturated carbocycles. The number of rotatable bonds is 3. The Balaban J connectivity index is 1.66. The zero-order valence-corrected chi connectivity index (χ0v) is 16.0. The number of amides is 1. The van der Waals surface area contributed by atoms with Gasteiger partial charge in [-0.25, -0.2) is 9.18 Å². The average Bonchev–Trinajstić information content (AvgIpc) is 3.17. The van der Waals surface area contributed by atoms with Crippen LogP contribution in [-0.2, 0) is 4.79 Å². The molecule has 7 heteroatoms. The molecule has 1 aliphatic rings. The number of carbonyl (C=O) groups is 1. The minimum Gasteiger partial charge on any atom is -0.508 e. The third-order valence-corrected chi connectivity index (χ3v) is 5.28. The second kappa shape index (κ2) is 7.28. The van der Waals surface area contributed by atoms with Crippen LogP contribution < -0.4 is 15.7 Å². The number of halogens is 1. The van der Waals surface area contributed by atoms with Crippen molar-refractivity contribution >= 4 is 22.6 Å². The molecule has 3 aromatic carbocycles. The van der Waals surface area contributed by atoms with Crippen LogP contribution in [0.1, 0.15) is 17.0 Å². The third-order valence-electron chi connectivity index (χ3n) is 5.28. The van der Waals surface area contributed by atoms with Crippen molar-refractivity contribution < 1.29 is 23.4 Å². The summed E-state index contributed by atoms with van der Waals surface area (Å²) in [5.74, 6) is -1.85. The van der Waals surface area contributed by atoms with Crippen LogP contribution in [0.4, 0.5) is 10.1 Å². The molecule has 1 aromatic heterocycles. The first-order chi connectivity index (χ1) is 15.0. The fourth-order valence-electron chi connectivity index (χ4n) is 3.91. The Morgan fingerprint density at radius 2 is 1.77 bits per heavy atom. The van der Waals surface area contributed by atoms with Crippen molar-refractivity contribution in [2.75, 3.05) is 5.32 Å². The summed E-state index contributed by atoms with van der Waals surface area (Å²) < 4.78 is 25.6. The summed E-state index contributed by atoms with van der Waals surface area (Å²) >= 11 is 0. The van der Waals surface area contributed by atoms with Gasteiger partial charge in [-0.3, -0.25) is 4.79 Å². The maximum absolute atomic E-state index is 14.1. The normalized spacial score (nSPS) is 17.2. The molecule has 0 spiro atoms. The van der Waals surface area contributed by atoms with Crippen LogP contribution >= 0.6 is 0 Å². The van der Waals surface area contributed by atoms with E-state index in [-0.39, 0.29) is 22.7 Å². The third kappa shape index (κ3) is 3.20. The Morgan fingerprint density at radius 3 is 2.58 bits per heavy atom. The molecule has 0 fully saturated rings. The fraction of sp³-hybridized carbons (Fsp3) is 0.0833. The molecule has 1 amide bonds. The largest absolute Gasteiger partial charge is 0.508 e. The van der Waals surface area contributed by atoms with E-state index < -0.39 is 29.4 Å². The van der Waals surface area contributed by atoms with Crippen molar-refractivity contribution in [3.8, 4) is 11.5 Å². The van der Waals surface area contributed by atoms with Gasteiger partial charge in [0.25, 0.3) is 5.91 Å². The van der Waals surface area contributed by atoms with Crippen molar-refractivity contribution in [2.45, 2.75) is 12.0 Å². The zero-order chi connectivity index (χ0) is 21.5. The molecular formula is C24H16FNO5. The SMILES string of the molecule is O=C(Nc1ccccc1F)[C@H]1Oc2c(c(=O)oc3ccccc23)[C@H]1c1cccc(O)c1. The number of para-hydroxylation sites is 2. The van der Waals surface area contributed by atoms with E-state index >= 15 is 0 Å². The fourth-order valence-corrected chi connectivity index (χ4v) is 3.91. The van der Waals surface area contributed by atoms with Gasteiger partial charge >= 0.3 is 5.63 Å². The van der Waals surface area contributed by atoms with Gasteiger partial charge in [0.1, 0.15) is 22.9 Å². The van der Waals surface area contributed by atoms with Crippen molar-refractivity contribution in [3.63, 3.8) is 0 Å². The van der Waals surface area contributed by atoms with Crippen LogP contribution in [-0.4, -0.2) is 17.1 Å². The van der Waals surface area contributed by atoms with Gasteiger partial charge in [-0.15, -0.1) is 0 Å². The Kier molecular flexibility index (Phi) is 4.43. The highest BCUT2D eigenvalue weighted by Gasteiger charge is 2.44. The van der Waals surface area contributed by atoms with Crippen molar-refractivity contribution in [2.24, 2.45) is 0 Å². The molecule has 1 aliphatic heterocycles. The second-order valence-corrected chi connectivity index (χ2v) is 7.21. The quantitative estimate of drug-likeness (QED) is 0.489. The molecule has 0 bridgehead atoms. The monoisotopic (exact) mass is 417 g/mol. The van der Waals surface area contributed by atoms with Gasteiger partial charge < -0.3 is 19.6 Å². The predicted molar refractivity (Wildman–Crippen MR) is 112 cm³/mol. The lowest BCUT2D eigenvalue weighted by Crippen LogP contribution is -2.35. The molecule has 6 nitrogen and oxygen atoms in total. The van der Waals surface area contributed by atoms with Gasteiger partial charge in [0.15, 0.2) is 6.10 Å². The molecule has 0 radical (unpaired) electrons. The number of benzene rings is 3. The summed E-state index contributed by atoms with van der Waals surface area (Å²) in [6.07, 6.45) is -1.18. The number of phenolic OH excluding ortho intramolecular Hbond substituents is 1. The number of hydrogen-bond donors (Lipinski definition) is 2. The molecule has 154 valence electrons. The van der Waals surface area contributed by atoms with Gasteiger partial charge in [-0.1, -0.05) is 36.4 Å². The number of ether oxygens (including phenoxy) is 1. The molecular weight excluding hydrogens is 401 g/mol. The van der Waals surface area contributed by atoms with E-state index in [9.17, 15) is 19.1 Å². The number of anilines is 1. The maximum Gasteiger partial charge on any atom is 0.344 e. The lowest BCUT2D eigenvalue weighted by molar-refractivity contribution is -0.122. The molecule has 31 heavy (non-hydrogen) atoms. The highest BCUT2D eigenvalue weighted by molar-refractivity contribution is 5.97. The van der Waals surface area contributed by atoms with Gasteiger partial charge in [0.05, 0.1) is 22.6 Å². The number of hydrogen-bond acceptors (Lipinski definition) is 5. The van der Waals surface area contributed by atoms with Crippen LogP contribution in [0, 0.1) is 5.82 Å². The summed E-state index contributed by atoms with van der Waals surface area (Å²) in [5.41, 5.74) is 0.367. The molecule has 4 aromatic rings. The van der Waals surface area contributed by atoms with Crippen LogP contribution in [0.2, 0.25) is 0 Å². The van der Waals surface area contributed by atoms with Crippen LogP contribution in [0.3, 0.4) is 0 Å². The molecule has 2 N–H and O–H groups in total. The van der Waals surface area contributed by atoms with E-state index in [1.165, 1.54) is 30.3 Å². The summed E-state index contributed by atoms with van der Waals surface area (Å²) in [6, 6.07) is 18.9. The standard InChI is InChI=1S/C24H16FNO5/c25-16-9-2-3-10-17(16)26-23(28)22-19(13-6-5-7-14(27)12-13)20-21(31-22)15-8-1-4-11-18(15)30-24(20)29/h1-12,19,22,27H,(H,26,28)/t19-,22+/m1/s1. The van der Waals surface area contributed by atoms with Gasteiger partial charge in [0.2, 0.25) is 0 Å². The first-order valence-corrected chi connectivity index (χ1v) is 9.59. The summed E-state index contributed by atoms with van der Waals surface area (Å²) in [7, 11) is 0. The lowest BCUT2D eigenvalue weighted by atomic mass is 9.88.